The second-order valence-corrected chi connectivity index (χ2v) is 12.0. The van der Waals surface area contributed by atoms with Crippen LogP contribution in [0.5, 0.6) is 5.75 Å². The van der Waals surface area contributed by atoms with Gasteiger partial charge in [-0.05, 0) is 75.6 Å². The maximum absolute atomic E-state index is 14.3. The number of hydrogen-bond acceptors (Lipinski definition) is 6. The molecule has 10 heteroatoms. The third-order valence-electron chi connectivity index (χ3n) is 8.16. The van der Waals surface area contributed by atoms with E-state index >= 15 is 0 Å². The maximum atomic E-state index is 14.3. The van der Waals surface area contributed by atoms with Gasteiger partial charge >= 0.3 is 6.03 Å². The molecule has 0 fully saturated rings. The monoisotopic (exact) mass is 630 g/mol. The molecule has 1 aliphatic heterocycles. The Hall–Kier alpha value is -4.41. The molecule has 46 heavy (non-hydrogen) atoms. The van der Waals surface area contributed by atoms with Crippen molar-refractivity contribution in [2.24, 2.45) is 5.92 Å². The van der Waals surface area contributed by atoms with Crippen LogP contribution in [0, 0.1) is 5.92 Å². The number of fused-ring (bicyclic) bond motifs is 1. The first kappa shape index (κ1) is 34.5. The molecule has 0 unspecified atom stereocenters. The van der Waals surface area contributed by atoms with Crippen LogP contribution in [0.4, 0.5) is 16.2 Å². The third-order valence-corrected chi connectivity index (χ3v) is 8.16. The number of carbonyl (C=O) groups is 3. The Morgan fingerprint density at radius 2 is 1.65 bits per heavy atom. The standard InChI is InChI=1S/C36H46N4O6/c1-25-22-40(26(2)24-41)35(43)31-21-30(38-36(44)37-29-16-9-6-10-17-29)18-19-32(31)46-27(3)13-11-12-20-45-33(25)23-39(4)34(42)28-14-7-5-8-15-28/h5-10,14-19,21,25-27,33,41H,11-13,20,22-24H2,1-4H3,(H2,37,38,44)/t25-,26+,27+,33-/m0/s1. The lowest BCUT2D eigenvalue weighted by Gasteiger charge is -2.36. The van der Waals surface area contributed by atoms with Crippen molar-refractivity contribution in [1.82, 2.24) is 9.80 Å². The Morgan fingerprint density at radius 3 is 2.35 bits per heavy atom. The van der Waals surface area contributed by atoms with E-state index in [-0.39, 0.29) is 48.7 Å². The molecule has 10 nitrogen and oxygen atoms in total. The fourth-order valence-electron chi connectivity index (χ4n) is 5.43. The molecule has 3 aromatic carbocycles. The van der Waals surface area contributed by atoms with Crippen LogP contribution in [0.25, 0.3) is 0 Å². The minimum absolute atomic E-state index is 0.108. The van der Waals surface area contributed by atoms with Gasteiger partial charge in [-0.2, -0.15) is 0 Å². The second-order valence-electron chi connectivity index (χ2n) is 12.0. The van der Waals surface area contributed by atoms with E-state index in [9.17, 15) is 19.5 Å². The summed E-state index contributed by atoms with van der Waals surface area (Å²) < 4.78 is 12.7. The van der Waals surface area contributed by atoms with E-state index in [2.05, 4.69) is 10.6 Å². The molecule has 3 aromatic rings. The summed E-state index contributed by atoms with van der Waals surface area (Å²) in [5.74, 6) is -0.225. The first-order chi connectivity index (χ1) is 22.2. The highest BCUT2D eigenvalue weighted by molar-refractivity contribution is 6.02. The molecule has 0 bridgehead atoms. The van der Waals surface area contributed by atoms with E-state index in [1.807, 2.05) is 50.2 Å². The van der Waals surface area contributed by atoms with Crippen molar-refractivity contribution in [1.29, 1.82) is 0 Å². The number of rotatable bonds is 7. The highest BCUT2D eigenvalue weighted by Gasteiger charge is 2.31. The predicted octanol–water partition coefficient (Wildman–Crippen LogP) is 5.90. The van der Waals surface area contributed by atoms with Gasteiger partial charge in [0.05, 0.1) is 30.4 Å². The lowest BCUT2D eigenvalue weighted by Crippen LogP contribution is -2.48. The average Bonchev–Trinajstić information content (AvgIpc) is 3.06. The highest BCUT2D eigenvalue weighted by Crippen LogP contribution is 2.29. The normalized spacial score (nSPS) is 20.0. The third kappa shape index (κ3) is 9.55. The zero-order valence-electron chi connectivity index (χ0n) is 27.1. The van der Waals surface area contributed by atoms with Crippen molar-refractivity contribution < 1.29 is 29.0 Å². The minimum Gasteiger partial charge on any atom is -0.490 e. The molecule has 0 saturated heterocycles. The fraction of sp³-hybridized carbons (Fsp3) is 0.417. The van der Waals surface area contributed by atoms with Gasteiger partial charge in [0, 0.05) is 49.6 Å². The number of nitrogens with one attached hydrogen (secondary N) is 2. The zero-order chi connectivity index (χ0) is 33.1. The van der Waals surface area contributed by atoms with Gasteiger partial charge in [-0.15, -0.1) is 0 Å². The Kier molecular flexibility index (Phi) is 12.6. The summed E-state index contributed by atoms with van der Waals surface area (Å²) >= 11 is 0. The quantitative estimate of drug-likeness (QED) is 0.299. The molecule has 0 aliphatic carbocycles. The van der Waals surface area contributed by atoms with Gasteiger partial charge < -0.3 is 35.0 Å². The molecular weight excluding hydrogens is 584 g/mol. The van der Waals surface area contributed by atoms with Crippen molar-refractivity contribution in [3.8, 4) is 5.75 Å². The van der Waals surface area contributed by atoms with E-state index in [1.54, 1.807) is 66.2 Å². The highest BCUT2D eigenvalue weighted by atomic mass is 16.5. The number of aliphatic hydroxyl groups is 1. The topological polar surface area (TPSA) is 120 Å². The number of ether oxygens (including phenoxy) is 2. The van der Waals surface area contributed by atoms with Crippen molar-refractivity contribution in [2.45, 2.75) is 58.3 Å². The van der Waals surface area contributed by atoms with Gasteiger partial charge in [0.1, 0.15) is 5.75 Å². The smallest absolute Gasteiger partial charge is 0.323 e. The number of urea groups is 1. The van der Waals surface area contributed by atoms with Crippen molar-refractivity contribution >= 4 is 29.2 Å². The molecule has 4 atom stereocenters. The molecule has 0 saturated carbocycles. The van der Waals surface area contributed by atoms with Crippen molar-refractivity contribution in [3.05, 3.63) is 90.0 Å². The van der Waals surface area contributed by atoms with Gasteiger partial charge in [-0.3, -0.25) is 9.59 Å². The Bertz CT molecular complexity index is 1440. The van der Waals surface area contributed by atoms with Crippen LogP contribution in [-0.4, -0.2) is 84.4 Å². The lowest BCUT2D eigenvalue weighted by molar-refractivity contribution is -0.0149. The van der Waals surface area contributed by atoms with E-state index in [0.29, 0.717) is 35.8 Å². The van der Waals surface area contributed by atoms with E-state index < -0.39 is 12.1 Å². The van der Waals surface area contributed by atoms with Crippen LogP contribution in [0.2, 0.25) is 0 Å². The Morgan fingerprint density at radius 1 is 0.978 bits per heavy atom. The molecular formula is C36H46N4O6. The summed E-state index contributed by atoms with van der Waals surface area (Å²) in [7, 11) is 1.76. The summed E-state index contributed by atoms with van der Waals surface area (Å²) in [4.78, 5) is 43.5. The van der Waals surface area contributed by atoms with Gasteiger partial charge in [0.25, 0.3) is 11.8 Å². The van der Waals surface area contributed by atoms with E-state index in [4.69, 9.17) is 9.47 Å². The number of aliphatic hydroxyl groups excluding tert-OH is 1. The number of carbonyl (C=O) groups excluding carboxylic acids is 3. The first-order valence-corrected chi connectivity index (χ1v) is 15.9. The van der Waals surface area contributed by atoms with Gasteiger partial charge in [0.15, 0.2) is 0 Å². The molecule has 0 aromatic heterocycles. The summed E-state index contributed by atoms with van der Waals surface area (Å²) in [6, 6.07) is 22.2. The van der Waals surface area contributed by atoms with E-state index in [0.717, 1.165) is 19.3 Å². The molecule has 0 radical (unpaired) electrons. The summed E-state index contributed by atoms with van der Waals surface area (Å²) in [6.45, 7) is 6.60. The van der Waals surface area contributed by atoms with Crippen LogP contribution in [0.1, 0.15) is 60.7 Å². The fourth-order valence-corrected chi connectivity index (χ4v) is 5.43. The SMILES string of the molecule is C[C@@H]1CCCCO[C@@H](CN(C)C(=O)c2ccccc2)[C@@H](C)CN([C@H](C)CO)C(=O)c2cc(NC(=O)Nc3ccccc3)ccc2O1. The number of nitrogens with zero attached hydrogens (tertiary/aromatic N) is 2. The molecule has 246 valence electrons. The van der Waals surface area contributed by atoms with Gasteiger partial charge in [-0.25, -0.2) is 4.79 Å². The largest absolute Gasteiger partial charge is 0.490 e. The molecule has 4 rings (SSSR count). The lowest BCUT2D eigenvalue weighted by atomic mass is 10.0. The number of benzene rings is 3. The van der Waals surface area contributed by atoms with Crippen molar-refractivity contribution in [3.63, 3.8) is 0 Å². The number of para-hydroxylation sites is 1. The Balaban J connectivity index is 1.60. The number of amides is 4. The Labute approximate surface area is 271 Å². The van der Waals surface area contributed by atoms with Crippen molar-refractivity contribution in [2.75, 3.05) is 44.0 Å². The number of hydrogen-bond donors (Lipinski definition) is 3. The zero-order valence-corrected chi connectivity index (χ0v) is 27.1. The van der Waals surface area contributed by atoms with Gasteiger partial charge in [0.2, 0.25) is 0 Å². The van der Waals surface area contributed by atoms with Crippen LogP contribution >= 0.6 is 0 Å². The predicted molar refractivity (Wildman–Crippen MR) is 179 cm³/mol. The number of anilines is 2. The molecule has 1 aliphatic rings. The molecule has 0 spiro atoms. The summed E-state index contributed by atoms with van der Waals surface area (Å²) in [6.07, 6.45) is 1.89. The van der Waals surface area contributed by atoms with Crippen LogP contribution < -0.4 is 15.4 Å². The summed E-state index contributed by atoms with van der Waals surface area (Å²) in [5, 5.41) is 15.8. The molecule has 4 amide bonds. The summed E-state index contributed by atoms with van der Waals surface area (Å²) in [5.41, 5.74) is 1.93. The van der Waals surface area contributed by atoms with Crippen LogP contribution in [-0.2, 0) is 4.74 Å². The number of likely N-dealkylation sites (N-methyl/N-ethyl adjacent to an activating group) is 1. The van der Waals surface area contributed by atoms with Gasteiger partial charge in [-0.1, -0.05) is 43.3 Å². The van der Waals surface area contributed by atoms with E-state index in [1.165, 1.54) is 0 Å². The second kappa shape index (κ2) is 16.8. The average molecular weight is 631 g/mol. The molecule has 3 N–H and O–H groups in total. The van der Waals surface area contributed by atoms with Crippen LogP contribution in [0.3, 0.4) is 0 Å². The first-order valence-electron chi connectivity index (χ1n) is 15.9. The maximum Gasteiger partial charge on any atom is 0.323 e. The minimum atomic E-state index is -0.518. The van der Waals surface area contributed by atoms with Crippen LogP contribution in [0.15, 0.2) is 78.9 Å². The molecule has 1 heterocycles.